The predicted octanol–water partition coefficient (Wildman–Crippen LogP) is 2.13. The number of nitrogens with zero attached hydrogens (tertiary/aromatic N) is 2. The van der Waals surface area contributed by atoms with Gasteiger partial charge in [-0.15, -0.1) is 6.42 Å². The van der Waals surface area contributed by atoms with Crippen molar-refractivity contribution >= 4 is 17.3 Å². The molecule has 5 heteroatoms. The smallest absolute Gasteiger partial charge is 0.292 e. The number of rotatable bonds is 4. The molecular weight excluding hydrogens is 250 g/mol. The first-order valence-corrected chi connectivity index (χ1v) is 6.31. The van der Waals surface area contributed by atoms with Crippen LogP contribution >= 0.6 is 11.6 Å². The van der Waals surface area contributed by atoms with Crippen molar-refractivity contribution in [3.05, 3.63) is 21.6 Å². The minimum absolute atomic E-state index is 0.141. The summed E-state index contributed by atoms with van der Waals surface area (Å²) in [7, 11) is 0. The Morgan fingerprint density at radius 2 is 2.33 bits per heavy atom. The summed E-state index contributed by atoms with van der Waals surface area (Å²) in [6, 6.07) is 0. The Hall–Kier alpha value is -1.47. The number of hydrogen-bond acceptors (Lipinski definition) is 3. The van der Waals surface area contributed by atoms with Crippen molar-refractivity contribution in [2.75, 3.05) is 5.32 Å². The second-order valence-electron chi connectivity index (χ2n) is 5.16. The molecule has 1 aromatic rings. The zero-order chi connectivity index (χ0) is 13.3. The van der Waals surface area contributed by atoms with Crippen molar-refractivity contribution in [3.8, 4) is 12.3 Å². The molecule has 0 unspecified atom stereocenters. The van der Waals surface area contributed by atoms with Gasteiger partial charge >= 0.3 is 0 Å². The first-order valence-electron chi connectivity index (χ1n) is 5.93. The van der Waals surface area contributed by atoms with Gasteiger partial charge < -0.3 is 5.32 Å². The average Bonchev–Trinajstić information content (AvgIpc) is 3.12. The van der Waals surface area contributed by atoms with Crippen LogP contribution in [0, 0.1) is 18.3 Å². The van der Waals surface area contributed by atoms with E-state index < -0.39 is 0 Å². The quantitative estimate of drug-likeness (QED) is 0.849. The van der Waals surface area contributed by atoms with Crippen LogP contribution in [0.2, 0.25) is 5.02 Å². The molecule has 0 bridgehead atoms. The Morgan fingerprint density at radius 1 is 1.67 bits per heavy atom. The Morgan fingerprint density at radius 3 is 2.89 bits per heavy atom. The van der Waals surface area contributed by atoms with Crippen LogP contribution in [0.5, 0.6) is 0 Å². The molecule has 1 saturated carbocycles. The number of terminal acetylenes is 1. The fourth-order valence-electron chi connectivity index (χ4n) is 2.01. The van der Waals surface area contributed by atoms with Crippen LogP contribution in [0.1, 0.15) is 26.7 Å². The maximum absolute atomic E-state index is 12.2. The standard InChI is InChI=1S/C13H16ClN3O/c1-4-7-17-12(18)11(10(14)8-15-17)16-13(2,3)9-5-6-9/h1,8-9,16H,5-7H2,2-3H3. The lowest BCUT2D eigenvalue weighted by atomic mass is 9.98. The largest absolute Gasteiger partial charge is 0.374 e. The highest BCUT2D eigenvalue weighted by molar-refractivity contribution is 6.33. The van der Waals surface area contributed by atoms with E-state index in [9.17, 15) is 4.79 Å². The Labute approximate surface area is 111 Å². The van der Waals surface area contributed by atoms with Crippen LogP contribution in [0.15, 0.2) is 11.0 Å². The highest BCUT2D eigenvalue weighted by atomic mass is 35.5. The SMILES string of the molecule is C#CCn1ncc(Cl)c(NC(C)(C)C2CC2)c1=O. The van der Waals surface area contributed by atoms with Crippen LogP contribution in [0.25, 0.3) is 0 Å². The first-order chi connectivity index (χ1) is 8.45. The van der Waals surface area contributed by atoms with Crippen molar-refractivity contribution in [2.24, 2.45) is 5.92 Å². The molecule has 0 amide bonds. The molecule has 18 heavy (non-hydrogen) atoms. The van der Waals surface area contributed by atoms with E-state index in [-0.39, 0.29) is 17.6 Å². The van der Waals surface area contributed by atoms with E-state index in [1.165, 1.54) is 23.7 Å². The highest BCUT2D eigenvalue weighted by Crippen LogP contribution is 2.41. The van der Waals surface area contributed by atoms with Gasteiger partial charge in [0.05, 0.1) is 11.2 Å². The van der Waals surface area contributed by atoms with E-state index in [4.69, 9.17) is 18.0 Å². The van der Waals surface area contributed by atoms with Gasteiger partial charge in [0.1, 0.15) is 12.2 Å². The second-order valence-corrected chi connectivity index (χ2v) is 5.56. The summed E-state index contributed by atoms with van der Waals surface area (Å²) < 4.78 is 1.23. The summed E-state index contributed by atoms with van der Waals surface area (Å²) in [6.45, 7) is 4.30. The summed E-state index contributed by atoms with van der Waals surface area (Å²) in [5, 5.41) is 7.49. The minimum Gasteiger partial charge on any atom is -0.374 e. The Bertz CT molecular complexity index is 552. The zero-order valence-corrected chi connectivity index (χ0v) is 11.3. The molecule has 96 valence electrons. The van der Waals surface area contributed by atoms with Gasteiger partial charge in [0, 0.05) is 5.54 Å². The van der Waals surface area contributed by atoms with Gasteiger partial charge in [0.25, 0.3) is 5.56 Å². The average molecular weight is 266 g/mol. The number of halogens is 1. The van der Waals surface area contributed by atoms with Gasteiger partial charge in [0.2, 0.25) is 0 Å². The summed E-state index contributed by atoms with van der Waals surface area (Å²) in [4.78, 5) is 12.2. The number of anilines is 1. The van der Waals surface area contributed by atoms with Crippen molar-refractivity contribution in [3.63, 3.8) is 0 Å². The lowest BCUT2D eigenvalue weighted by molar-refractivity contribution is 0.492. The van der Waals surface area contributed by atoms with E-state index in [1.54, 1.807) is 0 Å². The summed E-state index contributed by atoms with van der Waals surface area (Å²) in [6.07, 6.45) is 9.01. The van der Waals surface area contributed by atoms with Gasteiger partial charge in [-0.1, -0.05) is 17.5 Å². The van der Waals surface area contributed by atoms with E-state index >= 15 is 0 Å². The van der Waals surface area contributed by atoms with Crippen molar-refractivity contribution < 1.29 is 0 Å². The molecule has 1 aliphatic carbocycles. The molecule has 0 aromatic carbocycles. The third-order valence-electron chi connectivity index (χ3n) is 3.28. The molecule has 0 spiro atoms. The fraction of sp³-hybridized carbons (Fsp3) is 0.538. The molecule has 2 rings (SSSR count). The van der Waals surface area contributed by atoms with Crippen LogP contribution in [0.3, 0.4) is 0 Å². The monoisotopic (exact) mass is 265 g/mol. The van der Waals surface area contributed by atoms with Gasteiger partial charge in [-0.2, -0.15) is 5.10 Å². The van der Waals surface area contributed by atoms with Crippen LogP contribution in [0.4, 0.5) is 5.69 Å². The normalized spacial score (nSPS) is 15.2. The summed E-state index contributed by atoms with van der Waals surface area (Å²) in [5.41, 5.74) is -0.0222. The number of aromatic nitrogens is 2. The Balaban J connectivity index is 2.35. The molecule has 0 aliphatic heterocycles. The summed E-state index contributed by atoms with van der Waals surface area (Å²) >= 11 is 6.04. The second kappa shape index (κ2) is 4.66. The van der Waals surface area contributed by atoms with Gasteiger partial charge in [-0.25, -0.2) is 4.68 Å². The molecule has 0 atom stereocenters. The minimum atomic E-state index is -0.269. The zero-order valence-electron chi connectivity index (χ0n) is 10.5. The third-order valence-corrected chi connectivity index (χ3v) is 3.57. The van der Waals surface area contributed by atoms with Gasteiger partial charge in [0.15, 0.2) is 0 Å². The molecule has 1 aromatic heterocycles. The van der Waals surface area contributed by atoms with Crippen molar-refractivity contribution in [1.82, 2.24) is 9.78 Å². The molecule has 1 N–H and O–H groups in total. The molecule has 0 radical (unpaired) electrons. The highest BCUT2D eigenvalue weighted by Gasteiger charge is 2.38. The van der Waals surface area contributed by atoms with E-state index in [0.717, 1.165) is 0 Å². The van der Waals surface area contributed by atoms with Crippen molar-refractivity contribution in [2.45, 2.75) is 38.8 Å². The van der Waals surface area contributed by atoms with E-state index in [1.807, 2.05) is 0 Å². The number of hydrogen-bond donors (Lipinski definition) is 1. The summed E-state index contributed by atoms with van der Waals surface area (Å²) in [5.74, 6) is 2.98. The van der Waals surface area contributed by atoms with Gasteiger partial charge in [-0.05, 0) is 32.6 Å². The molecular formula is C13H16ClN3O. The molecule has 4 nitrogen and oxygen atoms in total. The lowest BCUT2D eigenvalue weighted by Gasteiger charge is -2.27. The molecule has 1 fully saturated rings. The third kappa shape index (κ3) is 2.51. The lowest BCUT2D eigenvalue weighted by Crippen LogP contribution is -2.37. The molecule has 1 aliphatic rings. The topological polar surface area (TPSA) is 46.9 Å². The maximum atomic E-state index is 12.2. The molecule has 0 saturated heterocycles. The van der Waals surface area contributed by atoms with E-state index in [2.05, 4.69) is 30.2 Å². The first kappa shape index (κ1) is 13.0. The maximum Gasteiger partial charge on any atom is 0.292 e. The van der Waals surface area contributed by atoms with Crippen LogP contribution in [-0.4, -0.2) is 15.3 Å². The van der Waals surface area contributed by atoms with Crippen LogP contribution < -0.4 is 10.9 Å². The predicted molar refractivity (Wildman–Crippen MR) is 72.8 cm³/mol. The Kier molecular flexibility index (Phi) is 3.36. The fourth-order valence-corrected chi connectivity index (χ4v) is 2.18. The van der Waals surface area contributed by atoms with Crippen molar-refractivity contribution in [1.29, 1.82) is 0 Å². The van der Waals surface area contributed by atoms with E-state index in [0.29, 0.717) is 16.6 Å². The van der Waals surface area contributed by atoms with Crippen LogP contribution in [-0.2, 0) is 6.54 Å². The molecule has 1 heterocycles. The van der Waals surface area contributed by atoms with Gasteiger partial charge in [-0.3, -0.25) is 4.79 Å². The number of nitrogens with one attached hydrogen (secondary N) is 1.